The van der Waals surface area contributed by atoms with Gasteiger partial charge in [0.1, 0.15) is 16.9 Å². The second kappa shape index (κ2) is 7.02. The number of rotatable bonds is 5. The number of ether oxygens (including phenoxy) is 1. The van der Waals surface area contributed by atoms with Gasteiger partial charge in [-0.3, -0.25) is 4.79 Å². The van der Waals surface area contributed by atoms with Crippen LogP contribution in [0.1, 0.15) is 12.0 Å². The van der Waals surface area contributed by atoms with Crippen LogP contribution in [0.2, 0.25) is 0 Å². The largest absolute Gasteiger partial charge is 0.495 e. The van der Waals surface area contributed by atoms with Crippen molar-refractivity contribution in [3.05, 3.63) is 72.4 Å². The molecule has 144 valence electrons. The van der Waals surface area contributed by atoms with E-state index in [1.54, 1.807) is 7.11 Å². The summed E-state index contributed by atoms with van der Waals surface area (Å²) in [6, 6.07) is 19.7. The number of aromatic nitrogens is 1. The van der Waals surface area contributed by atoms with Gasteiger partial charge in [0.2, 0.25) is 5.91 Å². The van der Waals surface area contributed by atoms with Crippen LogP contribution in [0.5, 0.6) is 5.75 Å². The summed E-state index contributed by atoms with van der Waals surface area (Å²) in [6.45, 7) is 0. The number of hydrogen-bond donors (Lipinski definition) is 2. The molecule has 0 saturated heterocycles. The molecule has 0 radical (unpaired) electrons. The molecule has 0 spiro atoms. The zero-order valence-corrected chi connectivity index (χ0v) is 16.0. The molecule has 3 aromatic carbocycles. The number of amides is 1. The first-order valence-corrected chi connectivity index (χ1v) is 9.57. The zero-order chi connectivity index (χ0) is 19.8. The number of carbonyl (C=O) groups excluding carboxylic acids is 1. The Bertz CT molecular complexity index is 1350. The van der Waals surface area contributed by atoms with Crippen molar-refractivity contribution in [3.63, 3.8) is 0 Å². The van der Waals surface area contributed by atoms with E-state index in [2.05, 4.69) is 16.4 Å². The predicted molar refractivity (Wildman–Crippen MR) is 116 cm³/mol. The third-order valence-corrected chi connectivity index (χ3v) is 5.27. The first kappa shape index (κ1) is 17.4. The highest BCUT2D eigenvalue weighted by Gasteiger charge is 2.14. The van der Waals surface area contributed by atoms with Gasteiger partial charge in [0.15, 0.2) is 0 Å². The molecule has 0 aliphatic rings. The molecular weight excluding hydrogens is 364 g/mol. The van der Waals surface area contributed by atoms with Crippen molar-refractivity contribution in [1.29, 1.82) is 0 Å². The molecule has 0 fully saturated rings. The Balaban J connectivity index is 1.38. The zero-order valence-electron chi connectivity index (χ0n) is 16.0. The van der Waals surface area contributed by atoms with E-state index >= 15 is 0 Å². The summed E-state index contributed by atoms with van der Waals surface area (Å²) in [5.74, 6) is 0.550. The van der Waals surface area contributed by atoms with Crippen molar-refractivity contribution in [2.75, 3.05) is 12.4 Å². The Morgan fingerprint density at radius 2 is 1.79 bits per heavy atom. The Kier molecular flexibility index (Phi) is 4.21. The van der Waals surface area contributed by atoms with Gasteiger partial charge in [-0.25, -0.2) is 0 Å². The van der Waals surface area contributed by atoms with Gasteiger partial charge in [0, 0.05) is 40.4 Å². The molecule has 0 bridgehead atoms. The number of aromatic amines is 1. The van der Waals surface area contributed by atoms with E-state index in [1.807, 2.05) is 60.8 Å². The standard InChI is InChI=1S/C24H20N2O3/c1-28-23-12-18-17-7-3-5-9-21(17)29-22(18)13-20(23)26-24(27)11-10-15-14-25-19-8-4-2-6-16(15)19/h2-9,12-14,25H,10-11H2,1H3,(H,26,27). The first-order chi connectivity index (χ1) is 14.2. The van der Waals surface area contributed by atoms with E-state index in [9.17, 15) is 4.79 Å². The molecule has 29 heavy (non-hydrogen) atoms. The fraction of sp³-hybridized carbons (Fsp3) is 0.125. The van der Waals surface area contributed by atoms with Crippen LogP contribution in [0.15, 0.2) is 71.3 Å². The molecular formula is C24H20N2O3. The molecule has 0 unspecified atom stereocenters. The molecule has 2 N–H and O–H groups in total. The van der Waals surface area contributed by atoms with Gasteiger partial charge >= 0.3 is 0 Å². The van der Waals surface area contributed by atoms with E-state index in [0.29, 0.717) is 24.3 Å². The maximum atomic E-state index is 12.6. The number of nitrogens with one attached hydrogen (secondary N) is 2. The van der Waals surface area contributed by atoms with Crippen LogP contribution in [0.3, 0.4) is 0 Å². The number of carbonyl (C=O) groups is 1. The van der Waals surface area contributed by atoms with E-state index in [0.717, 1.165) is 38.4 Å². The van der Waals surface area contributed by atoms with E-state index in [4.69, 9.17) is 9.15 Å². The van der Waals surface area contributed by atoms with Crippen LogP contribution in [-0.4, -0.2) is 18.0 Å². The van der Waals surface area contributed by atoms with Crippen LogP contribution in [-0.2, 0) is 11.2 Å². The van der Waals surface area contributed by atoms with Gasteiger partial charge in [-0.15, -0.1) is 0 Å². The van der Waals surface area contributed by atoms with Crippen molar-refractivity contribution in [1.82, 2.24) is 4.98 Å². The average molecular weight is 384 g/mol. The van der Waals surface area contributed by atoms with Crippen molar-refractivity contribution < 1.29 is 13.9 Å². The summed E-state index contributed by atoms with van der Waals surface area (Å²) in [5, 5.41) is 6.12. The number of fused-ring (bicyclic) bond motifs is 4. The van der Waals surface area contributed by atoms with Crippen LogP contribution < -0.4 is 10.1 Å². The Labute approximate surface area is 167 Å². The number of anilines is 1. The minimum atomic E-state index is -0.0657. The summed E-state index contributed by atoms with van der Waals surface area (Å²) in [7, 11) is 1.60. The summed E-state index contributed by atoms with van der Waals surface area (Å²) in [6.07, 6.45) is 3.01. The maximum Gasteiger partial charge on any atom is 0.224 e. The van der Waals surface area contributed by atoms with Crippen molar-refractivity contribution in [2.24, 2.45) is 0 Å². The van der Waals surface area contributed by atoms with E-state index in [-0.39, 0.29) is 5.91 Å². The minimum absolute atomic E-state index is 0.0657. The molecule has 5 rings (SSSR count). The monoisotopic (exact) mass is 384 g/mol. The molecule has 5 nitrogen and oxygen atoms in total. The Morgan fingerprint density at radius 1 is 1.00 bits per heavy atom. The molecule has 0 aliphatic heterocycles. The number of benzene rings is 3. The molecule has 5 aromatic rings. The molecule has 0 aliphatic carbocycles. The molecule has 0 atom stereocenters. The van der Waals surface area contributed by atoms with Crippen LogP contribution in [0.4, 0.5) is 5.69 Å². The quantitative estimate of drug-likeness (QED) is 0.412. The highest BCUT2D eigenvalue weighted by molar-refractivity contribution is 6.07. The van der Waals surface area contributed by atoms with Crippen LogP contribution >= 0.6 is 0 Å². The van der Waals surface area contributed by atoms with Gasteiger partial charge in [-0.05, 0) is 30.2 Å². The molecule has 2 heterocycles. The highest BCUT2D eigenvalue weighted by atomic mass is 16.5. The third-order valence-electron chi connectivity index (χ3n) is 5.27. The third kappa shape index (κ3) is 3.10. The van der Waals surface area contributed by atoms with Crippen molar-refractivity contribution in [3.8, 4) is 5.75 Å². The summed E-state index contributed by atoms with van der Waals surface area (Å²) < 4.78 is 11.4. The SMILES string of the molecule is COc1cc2c(cc1NC(=O)CCc1c[nH]c3ccccc13)oc1ccccc12. The summed E-state index contributed by atoms with van der Waals surface area (Å²) in [4.78, 5) is 15.9. The minimum Gasteiger partial charge on any atom is -0.495 e. The van der Waals surface area contributed by atoms with Crippen LogP contribution in [0.25, 0.3) is 32.8 Å². The average Bonchev–Trinajstić information content (AvgIpc) is 3.32. The topological polar surface area (TPSA) is 67.3 Å². The van der Waals surface area contributed by atoms with Gasteiger partial charge < -0.3 is 19.5 Å². The second-order valence-electron chi connectivity index (χ2n) is 7.05. The Hall–Kier alpha value is -3.73. The van der Waals surface area contributed by atoms with E-state index < -0.39 is 0 Å². The Morgan fingerprint density at radius 3 is 2.66 bits per heavy atom. The van der Waals surface area contributed by atoms with Gasteiger partial charge in [0.25, 0.3) is 0 Å². The number of hydrogen-bond acceptors (Lipinski definition) is 3. The van der Waals surface area contributed by atoms with Gasteiger partial charge in [-0.1, -0.05) is 36.4 Å². The lowest BCUT2D eigenvalue weighted by Crippen LogP contribution is -2.13. The maximum absolute atomic E-state index is 12.6. The molecule has 1 amide bonds. The van der Waals surface area contributed by atoms with Gasteiger partial charge in [0.05, 0.1) is 12.8 Å². The first-order valence-electron chi connectivity index (χ1n) is 9.57. The van der Waals surface area contributed by atoms with Crippen molar-refractivity contribution >= 4 is 44.4 Å². The van der Waals surface area contributed by atoms with Gasteiger partial charge in [-0.2, -0.15) is 0 Å². The number of para-hydroxylation sites is 2. The predicted octanol–water partition coefficient (Wildman–Crippen LogP) is 5.65. The number of aryl methyl sites for hydroxylation is 1. The fourth-order valence-corrected chi connectivity index (χ4v) is 3.82. The highest BCUT2D eigenvalue weighted by Crippen LogP contribution is 2.36. The van der Waals surface area contributed by atoms with E-state index in [1.165, 1.54) is 0 Å². The summed E-state index contributed by atoms with van der Waals surface area (Å²) in [5.41, 5.74) is 4.37. The number of methoxy groups -OCH3 is 1. The lowest BCUT2D eigenvalue weighted by atomic mass is 10.1. The second-order valence-corrected chi connectivity index (χ2v) is 7.05. The number of furan rings is 1. The molecule has 5 heteroatoms. The molecule has 0 saturated carbocycles. The lowest BCUT2D eigenvalue weighted by molar-refractivity contribution is -0.116. The smallest absolute Gasteiger partial charge is 0.224 e. The molecule has 2 aromatic heterocycles. The number of H-pyrrole nitrogens is 1. The lowest BCUT2D eigenvalue weighted by Gasteiger charge is -2.10. The van der Waals surface area contributed by atoms with Crippen LogP contribution in [0, 0.1) is 0 Å². The van der Waals surface area contributed by atoms with Crippen molar-refractivity contribution in [2.45, 2.75) is 12.8 Å². The fourth-order valence-electron chi connectivity index (χ4n) is 3.82. The normalized spacial score (nSPS) is 11.3. The summed E-state index contributed by atoms with van der Waals surface area (Å²) >= 11 is 0.